The Hall–Kier alpha value is -3.52. The number of aromatic nitrogens is 2. The van der Waals surface area contributed by atoms with Crippen molar-refractivity contribution in [3.63, 3.8) is 0 Å². The van der Waals surface area contributed by atoms with Gasteiger partial charge in [0.05, 0.1) is 28.1 Å². The van der Waals surface area contributed by atoms with Crippen LogP contribution >= 0.6 is 11.8 Å². The molecule has 0 aliphatic rings. The summed E-state index contributed by atoms with van der Waals surface area (Å²) in [5.41, 5.74) is -5.36. The Morgan fingerprint density at radius 1 is 1.12 bits per heavy atom. The maximum absolute atomic E-state index is 14.5. The molecule has 0 spiro atoms. The van der Waals surface area contributed by atoms with Gasteiger partial charge in [0.15, 0.2) is 5.82 Å². The van der Waals surface area contributed by atoms with Crippen molar-refractivity contribution < 1.29 is 35.2 Å². The SMILES string of the molecule is COc1cc(SC(F)(F)F)c(F)cc1-n1c(=O)ccc2cc(S(=O)(=O)Nc3ccon3)ccc21. The highest BCUT2D eigenvalue weighted by molar-refractivity contribution is 8.00. The van der Waals surface area contributed by atoms with E-state index < -0.39 is 43.6 Å². The van der Waals surface area contributed by atoms with Crippen LogP contribution in [0.15, 0.2) is 73.9 Å². The molecule has 0 amide bonds. The van der Waals surface area contributed by atoms with E-state index >= 15 is 0 Å². The fourth-order valence-electron chi connectivity index (χ4n) is 3.17. The van der Waals surface area contributed by atoms with Crippen molar-refractivity contribution in [3.8, 4) is 11.4 Å². The van der Waals surface area contributed by atoms with Gasteiger partial charge >= 0.3 is 5.51 Å². The van der Waals surface area contributed by atoms with Crippen molar-refractivity contribution in [3.05, 3.63) is 71.0 Å². The number of nitrogens with zero attached hydrogens (tertiary/aromatic N) is 2. The van der Waals surface area contributed by atoms with Gasteiger partial charge in [-0.15, -0.1) is 0 Å². The first-order valence-corrected chi connectivity index (χ1v) is 11.5. The maximum atomic E-state index is 14.5. The zero-order chi connectivity index (χ0) is 24.7. The molecule has 0 saturated heterocycles. The Kier molecular flexibility index (Phi) is 6.03. The lowest BCUT2D eigenvalue weighted by molar-refractivity contribution is -0.0329. The van der Waals surface area contributed by atoms with Crippen molar-refractivity contribution in [2.45, 2.75) is 15.3 Å². The topological polar surface area (TPSA) is 103 Å². The van der Waals surface area contributed by atoms with Crippen LogP contribution in [0.5, 0.6) is 5.75 Å². The van der Waals surface area contributed by atoms with E-state index in [4.69, 9.17) is 4.74 Å². The molecule has 0 bridgehead atoms. The molecule has 4 aromatic rings. The van der Waals surface area contributed by atoms with E-state index in [-0.39, 0.29) is 33.1 Å². The molecule has 2 aromatic heterocycles. The van der Waals surface area contributed by atoms with Gasteiger partial charge in [-0.3, -0.25) is 14.1 Å². The molecule has 0 aliphatic heterocycles. The molecule has 34 heavy (non-hydrogen) atoms. The number of nitrogens with one attached hydrogen (secondary N) is 1. The smallest absolute Gasteiger partial charge is 0.446 e. The molecular weight excluding hydrogens is 502 g/mol. The zero-order valence-corrected chi connectivity index (χ0v) is 18.6. The van der Waals surface area contributed by atoms with Crippen LogP contribution < -0.4 is 15.0 Å². The number of methoxy groups -OCH3 is 1. The van der Waals surface area contributed by atoms with E-state index in [2.05, 4.69) is 14.4 Å². The summed E-state index contributed by atoms with van der Waals surface area (Å²) in [5.74, 6) is -1.44. The normalized spacial score (nSPS) is 12.1. The molecule has 2 heterocycles. The van der Waals surface area contributed by atoms with Crippen LogP contribution in [0.25, 0.3) is 16.6 Å². The number of rotatable bonds is 6. The third-order valence-electron chi connectivity index (χ3n) is 4.55. The summed E-state index contributed by atoms with van der Waals surface area (Å²) in [7, 11) is -2.90. The lowest BCUT2D eigenvalue weighted by Crippen LogP contribution is -2.19. The Bertz CT molecular complexity index is 1530. The van der Waals surface area contributed by atoms with Gasteiger partial charge in [0.25, 0.3) is 15.6 Å². The molecule has 1 N–H and O–H groups in total. The highest BCUT2D eigenvalue weighted by atomic mass is 32.2. The average Bonchev–Trinajstić information content (AvgIpc) is 3.26. The third-order valence-corrected chi connectivity index (χ3v) is 6.67. The van der Waals surface area contributed by atoms with Crippen LogP contribution in [-0.2, 0) is 10.0 Å². The molecule has 0 unspecified atom stereocenters. The van der Waals surface area contributed by atoms with E-state index in [1.165, 1.54) is 36.6 Å². The number of halogens is 4. The maximum Gasteiger partial charge on any atom is 0.446 e. The summed E-state index contributed by atoms with van der Waals surface area (Å²) >= 11 is -0.653. The minimum atomic E-state index is -4.73. The van der Waals surface area contributed by atoms with Crippen LogP contribution in [0.2, 0.25) is 0 Å². The van der Waals surface area contributed by atoms with Crippen LogP contribution in [0.1, 0.15) is 0 Å². The molecule has 14 heteroatoms. The van der Waals surface area contributed by atoms with Crippen LogP contribution in [-0.4, -0.2) is 30.8 Å². The quantitative estimate of drug-likeness (QED) is 0.297. The fourth-order valence-corrected chi connectivity index (χ4v) is 4.77. The first kappa shape index (κ1) is 23.6. The second-order valence-corrected chi connectivity index (χ2v) is 9.51. The summed E-state index contributed by atoms with van der Waals surface area (Å²) in [6.45, 7) is 0. The summed E-state index contributed by atoms with van der Waals surface area (Å²) < 4.78 is 91.0. The molecule has 0 radical (unpaired) electrons. The first-order chi connectivity index (χ1) is 16.0. The molecule has 178 valence electrons. The fraction of sp³-hybridized carbons (Fsp3) is 0.100. The Labute approximate surface area is 193 Å². The Morgan fingerprint density at radius 3 is 2.53 bits per heavy atom. The Balaban J connectivity index is 1.85. The minimum absolute atomic E-state index is 0.0397. The number of thioether (sulfide) groups is 1. The van der Waals surface area contributed by atoms with Gasteiger partial charge in [0, 0.05) is 23.6 Å². The van der Waals surface area contributed by atoms with Gasteiger partial charge in [-0.05, 0) is 42.1 Å². The predicted octanol–water partition coefficient (Wildman–Crippen LogP) is 4.54. The molecule has 8 nitrogen and oxygen atoms in total. The Morgan fingerprint density at radius 2 is 1.88 bits per heavy atom. The molecule has 0 fully saturated rings. The molecule has 0 saturated carbocycles. The number of sulfonamides is 1. The van der Waals surface area contributed by atoms with Crippen LogP contribution in [0.3, 0.4) is 0 Å². The van der Waals surface area contributed by atoms with Gasteiger partial charge in [-0.25, -0.2) is 12.8 Å². The summed E-state index contributed by atoms with van der Waals surface area (Å²) in [5, 5.41) is 3.76. The van der Waals surface area contributed by atoms with Gasteiger partial charge in [0.1, 0.15) is 17.8 Å². The van der Waals surface area contributed by atoms with E-state index in [1.807, 2.05) is 0 Å². The average molecular weight is 515 g/mol. The number of pyridine rings is 1. The van der Waals surface area contributed by atoms with Gasteiger partial charge in [0.2, 0.25) is 0 Å². The highest BCUT2D eigenvalue weighted by Crippen LogP contribution is 2.41. The summed E-state index contributed by atoms with van der Waals surface area (Å²) in [6.07, 6.45) is 1.18. The molecule has 0 atom stereocenters. The minimum Gasteiger partial charge on any atom is -0.495 e. The number of ether oxygens (including phenoxy) is 1. The summed E-state index contributed by atoms with van der Waals surface area (Å²) in [4.78, 5) is 11.8. The predicted molar refractivity (Wildman–Crippen MR) is 115 cm³/mol. The number of anilines is 1. The van der Waals surface area contributed by atoms with Crippen molar-refractivity contribution in [1.29, 1.82) is 0 Å². The lowest BCUT2D eigenvalue weighted by Gasteiger charge is -2.16. The number of hydrogen-bond donors (Lipinski definition) is 1. The number of benzene rings is 2. The molecular formula is C20H13F4N3O5S2. The second-order valence-electron chi connectivity index (χ2n) is 6.72. The van der Waals surface area contributed by atoms with Gasteiger partial charge in [-0.1, -0.05) is 5.16 Å². The standard InChI is InChI=1S/C20H13F4N3O5S2/c1-31-16-10-17(33-20(22,23)24)13(21)9-15(16)27-14-4-3-12(8-11(14)2-5-19(27)28)34(29,30)26-18-6-7-32-25-18/h2-10H,1H3,(H,25,26). The lowest BCUT2D eigenvalue weighted by atomic mass is 10.2. The third kappa shape index (κ3) is 4.72. The molecule has 4 rings (SSSR count). The highest BCUT2D eigenvalue weighted by Gasteiger charge is 2.31. The number of hydrogen-bond acceptors (Lipinski definition) is 7. The molecule has 0 aliphatic carbocycles. The summed E-state index contributed by atoms with van der Waals surface area (Å²) in [6, 6.07) is 9.15. The van der Waals surface area contributed by atoms with E-state index in [0.717, 1.165) is 29.9 Å². The number of alkyl halides is 3. The monoisotopic (exact) mass is 515 g/mol. The molecule has 2 aromatic carbocycles. The van der Waals surface area contributed by atoms with E-state index in [1.54, 1.807) is 0 Å². The van der Waals surface area contributed by atoms with Crippen molar-refractivity contribution in [1.82, 2.24) is 9.72 Å². The van der Waals surface area contributed by atoms with Crippen molar-refractivity contribution >= 4 is 38.5 Å². The number of fused-ring (bicyclic) bond motifs is 1. The second kappa shape index (κ2) is 8.68. The van der Waals surface area contributed by atoms with Crippen molar-refractivity contribution in [2.24, 2.45) is 0 Å². The largest absolute Gasteiger partial charge is 0.495 e. The van der Waals surface area contributed by atoms with Gasteiger partial charge < -0.3 is 9.26 Å². The van der Waals surface area contributed by atoms with Gasteiger partial charge in [-0.2, -0.15) is 13.2 Å². The zero-order valence-electron chi connectivity index (χ0n) is 17.0. The van der Waals surface area contributed by atoms with E-state index in [0.29, 0.717) is 0 Å². The van der Waals surface area contributed by atoms with Crippen LogP contribution in [0.4, 0.5) is 23.4 Å². The van der Waals surface area contributed by atoms with Crippen molar-refractivity contribution in [2.75, 3.05) is 11.8 Å². The van der Waals surface area contributed by atoms with E-state index in [9.17, 15) is 30.8 Å². The first-order valence-electron chi connectivity index (χ1n) is 9.21. The van der Waals surface area contributed by atoms with Crippen LogP contribution in [0, 0.1) is 5.82 Å².